The molecule has 1 aromatic heterocycles. The number of rotatable bonds is 1. The van der Waals surface area contributed by atoms with Gasteiger partial charge in [-0.1, -0.05) is 29.8 Å². The van der Waals surface area contributed by atoms with Gasteiger partial charge < -0.3 is 15.4 Å². The molecular formula is C16H11ClN2O2. The van der Waals surface area contributed by atoms with Crippen LogP contribution in [0.1, 0.15) is 11.3 Å². The van der Waals surface area contributed by atoms with Crippen molar-refractivity contribution in [1.82, 2.24) is 4.98 Å². The van der Waals surface area contributed by atoms with Gasteiger partial charge in [0.15, 0.2) is 0 Å². The van der Waals surface area contributed by atoms with Gasteiger partial charge >= 0.3 is 0 Å². The van der Waals surface area contributed by atoms with Crippen molar-refractivity contribution in [1.29, 1.82) is 0 Å². The third kappa shape index (κ3) is 1.63. The van der Waals surface area contributed by atoms with E-state index in [2.05, 4.69) is 10.3 Å². The summed E-state index contributed by atoms with van der Waals surface area (Å²) in [6, 6.07) is 14.4. The predicted octanol–water partition coefficient (Wildman–Crippen LogP) is 3.01. The van der Waals surface area contributed by atoms with Gasteiger partial charge in [-0.15, -0.1) is 0 Å². The first kappa shape index (κ1) is 12.4. The highest BCUT2D eigenvalue weighted by Crippen LogP contribution is 2.42. The number of aromatic amines is 1. The lowest BCUT2D eigenvalue weighted by Crippen LogP contribution is -2.35. The molecule has 0 saturated carbocycles. The largest absolute Gasteiger partial charge is 0.371 e. The van der Waals surface area contributed by atoms with Crippen LogP contribution in [0.4, 0.5) is 5.69 Å². The van der Waals surface area contributed by atoms with Crippen LogP contribution in [0.15, 0.2) is 48.5 Å². The smallest absolute Gasteiger partial charge is 0.267 e. The Morgan fingerprint density at radius 2 is 1.90 bits per heavy atom. The molecule has 2 aromatic carbocycles. The monoisotopic (exact) mass is 298 g/mol. The SMILES string of the molecule is O=C1Nc2ccc(Cl)cc2[C@@]1(O)c1cc2ccccc2[nH]1. The molecule has 2 heterocycles. The number of benzene rings is 2. The fourth-order valence-corrected chi connectivity index (χ4v) is 2.97. The van der Waals surface area contributed by atoms with E-state index in [4.69, 9.17) is 11.6 Å². The summed E-state index contributed by atoms with van der Waals surface area (Å²) < 4.78 is 0. The molecule has 1 aliphatic rings. The van der Waals surface area contributed by atoms with Gasteiger partial charge in [0.25, 0.3) is 5.91 Å². The van der Waals surface area contributed by atoms with Crippen molar-refractivity contribution < 1.29 is 9.90 Å². The lowest BCUT2D eigenvalue weighted by molar-refractivity contribution is -0.129. The van der Waals surface area contributed by atoms with Crippen molar-refractivity contribution in [3.05, 3.63) is 64.8 Å². The third-order valence-corrected chi connectivity index (χ3v) is 4.10. The zero-order chi connectivity index (χ0) is 14.6. The maximum atomic E-state index is 12.3. The van der Waals surface area contributed by atoms with Crippen molar-refractivity contribution in [2.75, 3.05) is 5.32 Å². The first-order chi connectivity index (χ1) is 10.1. The van der Waals surface area contributed by atoms with Gasteiger partial charge in [-0.25, -0.2) is 0 Å². The van der Waals surface area contributed by atoms with E-state index in [1.54, 1.807) is 24.3 Å². The van der Waals surface area contributed by atoms with Gasteiger partial charge in [0.2, 0.25) is 5.60 Å². The van der Waals surface area contributed by atoms with Crippen LogP contribution in [0.25, 0.3) is 10.9 Å². The Kier molecular flexibility index (Phi) is 2.43. The van der Waals surface area contributed by atoms with Gasteiger partial charge in [-0.05, 0) is 35.7 Å². The number of carbonyl (C=O) groups excluding carboxylic acids is 1. The number of hydrogen-bond acceptors (Lipinski definition) is 2. The minimum absolute atomic E-state index is 0.433. The highest BCUT2D eigenvalue weighted by atomic mass is 35.5. The molecule has 1 aliphatic heterocycles. The van der Waals surface area contributed by atoms with Crippen molar-refractivity contribution in [3.63, 3.8) is 0 Å². The summed E-state index contributed by atoms with van der Waals surface area (Å²) in [5.41, 5.74) is 0.586. The normalized spacial score (nSPS) is 20.6. The molecule has 1 amide bonds. The Balaban J connectivity index is 1.98. The number of aliphatic hydroxyl groups is 1. The number of nitrogens with one attached hydrogen (secondary N) is 2. The second kappa shape index (κ2) is 4.10. The Morgan fingerprint density at radius 1 is 1.10 bits per heavy atom. The first-order valence-corrected chi connectivity index (χ1v) is 6.89. The molecule has 0 spiro atoms. The van der Waals surface area contributed by atoms with Gasteiger partial charge in [0.05, 0.1) is 5.69 Å². The Labute approximate surface area is 125 Å². The van der Waals surface area contributed by atoms with Crippen LogP contribution in [0, 0.1) is 0 Å². The van der Waals surface area contributed by atoms with E-state index in [0.717, 1.165) is 10.9 Å². The van der Waals surface area contributed by atoms with E-state index in [1.165, 1.54) is 0 Å². The molecule has 0 radical (unpaired) electrons. The second-order valence-corrected chi connectivity index (χ2v) is 5.56. The van der Waals surface area contributed by atoms with Crippen LogP contribution in [-0.4, -0.2) is 16.0 Å². The Morgan fingerprint density at radius 3 is 2.71 bits per heavy atom. The number of carbonyl (C=O) groups is 1. The van der Waals surface area contributed by atoms with Gasteiger partial charge in [-0.2, -0.15) is 0 Å². The number of fused-ring (bicyclic) bond motifs is 2. The standard InChI is InChI=1S/C16H11ClN2O2/c17-10-5-6-13-11(8-10)16(21,15(20)19-13)14-7-9-3-1-2-4-12(9)18-14/h1-8,18,21H,(H,19,20)/t16-/m1/s1. The first-order valence-electron chi connectivity index (χ1n) is 6.51. The molecule has 0 saturated heterocycles. The maximum absolute atomic E-state index is 12.3. The van der Waals surface area contributed by atoms with E-state index in [0.29, 0.717) is 22.0 Å². The van der Waals surface area contributed by atoms with Crippen LogP contribution < -0.4 is 5.32 Å². The summed E-state index contributed by atoms with van der Waals surface area (Å²) >= 11 is 6.00. The third-order valence-electron chi connectivity index (χ3n) is 3.87. The molecule has 104 valence electrons. The van der Waals surface area contributed by atoms with Crippen LogP contribution >= 0.6 is 11.6 Å². The van der Waals surface area contributed by atoms with Crippen LogP contribution in [-0.2, 0) is 10.4 Å². The average molecular weight is 299 g/mol. The van der Waals surface area contributed by atoms with E-state index < -0.39 is 11.5 Å². The molecule has 3 N–H and O–H groups in total. The predicted molar refractivity (Wildman–Crippen MR) is 81.4 cm³/mol. The number of amides is 1. The minimum Gasteiger partial charge on any atom is -0.371 e. The number of H-pyrrole nitrogens is 1. The van der Waals surface area contributed by atoms with Gasteiger partial charge in [0.1, 0.15) is 0 Å². The molecule has 0 unspecified atom stereocenters. The highest BCUT2D eigenvalue weighted by Gasteiger charge is 2.48. The zero-order valence-electron chi connectivity index (χ0n) is 10.9. The molecular weight excluding hydrogens is 288 g/mol. The Hall–Kier alpha value is -2.30. The summed E-state index contributed by atoms with van der Waals surface area (Å²) in [5.74, 6) is -0.480. The van der Waals surface area contributed by atoms with E-state index in [-0.39, 0.29) is 0 Å². The molecule has 4 nitrogen and oxygen atoms in total. The summed E-state index contributed by atoms with van der Waals surface area (Å²) in [4.78, 5) is 15.4. The second-order valence-electron chi connectivity index (χ2n) is 5.12. The number of halogens is 1. The van der Waals surface area contributed by atoms with Gasteiger partial charge in [-0.3, -0.25) is 4.79 Å². The fraction of sp³-hybridized carbons (Fsp3) is 0.0625. The van der Waals surface area contributed by atoms with Crippen LogP contribution in [0.3, 0.4) is 0 Å². The maximum Gasteiger partial charge on any atom is 0.267 e. The minimum atomic E-state index is -1.75. The van der Waals surface area contributed by atoms with Crippen molar-refractivity contribution in [2.24, 2.45) is 0 Å². The van der Waals surface area contributed by atoms with E-state index >= 15 is 0 Å². The number of hydrogen-bond donors (Lipinski definition) is 3. The number of anilines is 1. The molecule has 5 heteroatoms. The molecule has 0 aliphatic carbocycles. The highest BCUT2D eigenvalue weighted by molar-refractivity contribution is 6.31. The molecule has 21 heavy (non-hydrogen) atoms. The summed E-state index contributed by atoms with van der Waals surface area (Å²) in [7, 11) is 0. The summed E-state index contributed by atoms with van der Waals surface area (Å²) in [5, 5.41) is 15.1. The molecule has 1 atom stereocenters. The molecule has 4 rings (SSSR count). The lowest BCUT2D eigenvalue weighted by Gasteiger charge is -2.19. The van der Waals surface area contributed by atoms with Crippen molar-refractivity contribution >= 4 is 34.1 Å². The number of para-hydroxylation sites is 1. The fourth-order valence-electron chi connectivity index (χ4n) is 2.80. The quantitative estimate of drug-likeness (QED) is 0.646. The zero-order valence-corrected chi connectivity index (χ0v) is 11.6. The lowest BCUT2D eigenvalue weighted by atomic mass is 9.92. The Bertz CT molecular complexity index is 854. The average Bonchev–Trinajstić information content (AvgIpc) is 3.01. The molecule has 3 aromatic rings. The van der Waals surface area contributed by atoms with E-state index in [1.807, 2.05) is 24.3 Å². The van der Waals surface area contributed by atoms with Crippen LogP contribution in [0.2, 0.25) is 5.02 Å². The number of aromatic nitrogens is 1. The van der Waals surface area contributed by atoms with Crippen LogP contribution in [0.5, 0.6) is 0 Å². The van der Waals surface area contributed by atoms with Crippen molar-refractivity contribution in [2.45, 2.75) is 5.60 Å². The summed E-state index contributed by atoms with van der Waals surface area (Å²) in [6.45, 7) is 0. The topological polar surface area (TPSA) is 65.1 Å². The molecule has 0 fully saturated rings. The van der Waals surface area contributed by atoms with Crippen molar-refractivity contribution in [3.8, 4) is 0 Å². The van der Waals surface area contributed by atoms with Gasteiger partial charge in [0, 0.05) is 21.8 Å². The molecule has 0 bridgehead atoms. The van der Waals surface area contributed by atoms with E-state index in [9.17, 15) is 9.90 Å². The summed E-state index contributed by atoms with van der Waals surface area (Å²) in [6.07, 6.45) is 0.